The number of hydrazine groups is 1. The van der Waals surface area contributed by atoms with E-state index in [-0.39, 0.29) is 0 Å². The van der Waals surface area contributed by atoms with Crippen molar-refractivity contribution in [3.05, 3.63) is 82.9 Å². The highest BCUT2D eigenvalue weighted by Crippen LogP contribution is 2.14. The minimum Gasteiger partial charge on any atom is -0.267 e. The Hall–Kier alpha value is -3.48. The maximum atomic E-state index is 12.5. The van der Waals surface area contributed by atoms with E-state index in [1.54, 1.807) is 23.7 Å². The van der Waals surface area contributed by atoms with Gasteiger partial charge < -0.3 is 0 Å². The van der Waals surface area contributed by atoms with Gasteiger partial charge in [-0.05, 0) is 31.5 Å². The van der Waals surface area contributed by atoms with E-state index >= 15 is 0 Å². The van der Waals surface area contributed by atoms with Gasteiger partial charge in [0.2, 0.25) is 0 Å². The summed E-state index contributed by atoms with van der Waals surface area (Å²) in [5.74, 6) is -0.811. The maximum absolute atomic E-state index is 12.5. The summed E-state index contributed by atoms with van der Waals surface area (Å²) in [7, 11) is 0. The lowest BCUT2D eigenvalue weighted by atomic mass is 10.2. The van der Waals surface area contributed by atoms with Crippen molar-refractivity contribution in [2.75, 3.05) is 0 Å². The number of benzene rings is 1. The Morgan fingerprint density at radius 1 is 0.962 bits per heavy atom. The Kier molecular flexibility index (Phi) is 5.07. The standard InChI is InChI=1S/C19H19N5O2/c1-13-17(14(2)24(23-13)12-15-6-4-3-5-7-15)19(26)22-21-18(25)16-8-10-20-11-9-16/h3-11H,12H2,1-2H3,(H,21,25)(H,22,26). The molecule has 0 bridgehead atoms. The first-order valence-electron chi connectivity index (χ1n) is 8.15. The smallest absolute Gasteiger partial charge is 0.267 e. The third-order valence-electron chi connectivity index (χ3n) is 4.02. The van der Waals surface area contributed by atoms with E-state index in [1.807, 2.05) is 37.3 Å². The third kappa shape index (κ3) is 3.77. The summed E-state index contributed by atoms with van der Waals surface area (Å²) in [6, 6.07) is 13.0. The summed E-state index contributed by atoms with van der Waals surface area (Å²) in [5, 5.41) is 4.45. The molecule has 0 saturated carbocycles. The molecule has 26 heavy (non-hydrogen) atoms. The molecule has 7 nitrogen and oxygen atoms in total. The molecular weight excluding hydrogens is 330 g/mol. The predicted molar refractivity (Wildman–Crippen MR) is 96.4 cm³/mol. The molecule has 2 heterocycles. The third-order valence-corrected chi connectivity index (χ3v) is 4.02. The normalized spacial score (nSPS) is 10.4. The van der Waals surface area contributed by atoms with Gasteiger partial charge in [0.05, 0.1) is 17.8 Å². The van der Waals surface area contributed by atoms with Gasteiger partial charge in [-0.15, -0.1) is 0 Å². The molecule has 3 aromatic rings. The van der Waals surface area contributed by atoms with Gasteiger partial charge >= 0.3 is 0 Å². The largest absolute Gasteiger partial charge is 0.273 e. The highest BCUT2D eigenvalue weighted by atomic mass is 16.2. The van der Waals surface area contributed by atoms with Crippen molar-refractivity contribution in [2.24, 2.45) is 0 Å². The Labute approximate surface area is 151 Å². The number of rotatable bonds is 4. The van der Waals surface area contributed by atoms with Gasteiger partial charge in [0.25, 0.3) is 11.8 Å². The van der Waals surface area contributed by atoms with Crippen LogP contribution in [0.2, 0.25) is 0 Å². The molecule has 2 N–H and O–H groups in total. The average Bonchev–Trinajstić information content (AvgIpc) is 2.94. The minimum absolute atomic E-state index is 0.401. The fourth-order valence-electron chi connectivity index (χ4n) is 2.69. The van der Waals surface area contributed by atoms with E-state index in [4.69, 9.17) is 0 Å². The van der Waals surface area contributed by atoms with Crippen molar-refractivity contribution in [3.63, 3.8) is 0 Å². The Morgan fingerprint density at radius 3 is 2.31 bits per heavy atom. The van der Waals surface area contributed by atoms with Crippen LogP contribution in [-0.4, -0.2) is 26.6 Å². The van der Waals surface area contributed by atoms with Crippen LogP contribution >= 0.6 is 0 Å². The first-order valence-corrected chi connectivity index (χ1v) is 8.15. The van der Waals surface area contributed by atoms with E-state index < -0.39 is 11.8 Å². The molecule has 0 aliphatic carbocycles. The summed E-state index contributed by atoms with van der Waals surface area (Å²) in [6.45, 7) is 4.18. The van der Waals surface area contributed by atoms with Crippen LogP contribution in [0.15, 0.2) is 54.9 Å². The number of aryl methyl sites for hydroxylation is 1. The second kappa shape index (κ2) is 7.60. The second-order valence-electron chi connectivity index (χ2n) is 5.83. The van der Waals surface area contributed by atoms with Crippen molar-refractivity contribution in [2.45, 2.75) is 20.4 Å². The Bertz CT molecular complexity index is 920. The monoisotopic (exact) mass is 349 g/mol. The fraction of sp³-hybridized carbons (Fsp3) is 0.158. The molecule has 0 aliphatic rings. The number of nitrogens with one attached hydrogen (secondary N) is 2. The summed E-state index contributed by atoms with van der Waals surface area (Å²) >= 11 is 0. The van der Waals surface area contributed by atoms with Crippen molar-refractivity contribution in [3.8, 4) is 0 Å². The van der Waals surface area contributed by atoms with Gasteiger partial charge in [-0.2, -0.15) is 5.10 Å². The zero-order valence-electron chi connectivity index (χ0n) is 14.6. The maximum Gasteiger partial charge on any atom is 0.273 e. The highest BCUT2D eigenvalue weighted by Gasteiger charge is 2.19. The molecular formula is C19H19N5O2. The van der Waals surface area contributed by atoms with Crippen molar-refractivity contribution in [1.82, 2.24) is 25.6 Å². The number of carbonyl (C=O) groups excluding carboxylic acids is 2. The molecule has 3 rings (SSSR count). The summed E-state index contributed by atoms with van der Waals surface area (Å²) in [4.78, 5) is 28.4. The number of pyridine rings is 1. The van der Waals surface area contributed by atoms with E-state index in [0.29, 0.717) is 23.4 Å². The quantitative estimate of drug-likeness (QED) is 0.705. The van der Waals surface area contributed by atoms with E-state index in [2.05, 4.69) is 20.9 Å². The fourth-order valence-corrected chi connectivity index (χ4v) is 2.69. The molecule has 0 radical (unpaired) electrons. The SMILES string of the molecule is Cc1nn(Cc2ccccc2)c(C)c1C(=O)NNC(=O)c1ccncc1. The summed E-state index contributed by atoms with van der Waals surface area (Å²) in [6.07, 6.45) is 3.03. The van der Waals surface area contributed by atoms with Gasteiger partial charge in [-0.25, -0.2) is 0 Å². The van der Waals surface area contributed by atoms with Crippen LogP contribution in [0.3, 0.4) is 0 Å². The number of amides is 2. The number of hydrogen-bond donors (Lipinski definition) is 2. The predicted octanol–water partition coefficient (Wildman–Crippen LogP) is 2.02. The van der Waals surface area contributed by atoms with Gasteiger partial charge in [0, 0.05) is 23.7 Å². The molecule has 0 saturated heterocycles. The lowest BCUT2D eigenvalue weighted by Crippen LogP contribution is -2.42. The molecule has 0 unspecified atom stereocenters. The number of aromatic nitrogens is 3. The molecule has 0 aliphatic heterocycles. The van der Waals surface area contributed by atoms with Crippen LogP contribution in [-0.2, 0) is 6.54 Å². The van der Waals surface area contributed by atoms with E-state index in [0.717, 1.165) is 11.3 Å². The van der Waals surface area contributed by atoms with Gasteiger partial charge in [-0.3, -0.25) is 30.1 Å². The Balaban J connectivity index is 1.70. The van der Waals surface area contributed by atoms with Crippen LogP contribution in [0.5, 0.6) is 0 Å². The summed E-state index contributed by atoms with van der Waals surface area (Å²) < 4.78 is 1.78. The summed E-state index contributed by atoms with van der Waals surface area (Å²) in [5.41, 5.74) is 8.15. The van der Waals surface area contributed by atoms with Crippen molar-refractivity contribution in [1.29, 1.82) is 0 Å². The molecule has 1 aromatic carbocycles. The first-order chi connectivity index (χ1) is 12.6. The van der Waals surface area contributed by atoms with Crippen LogP contribution in [0, 0.1) is 13.8 Å². The highest BCUT2D eigenvalue weighted by molar-refractivity contribution is 6.00. The lowest BCUT2D eigenvalue weighted by molar-refractivity contribution is 0.0846. The Morgan fingerprint density at radius 2 is 1.62 bits per heavy atom. The van der Waals surface area contributed by atoms with Gasteiger partial charge in [-0.1, -0.05) is 30.3 Å². The topological polar surface area (TPSA) is 88.9 Å². The average molecular weight is 349 g/mol. The zero-order chi connectivity index (χ0) is 18.5. The van der Waals surface area contributed by atoms with E-state index in [9.17, 15) is 9.59 Å². The first kappa shape index (κ1) is 17.3. The molecule has 2 amide bonds. The number of nitrogens with zero attached hydrogens (tertiary/aromatic N) is 3. The molecule has 0 fully saturated rings. The van der Waals surface area contributed by atoms with Crippen LogP contribution < -0.4 is 10.9 Å². The minimum atomic E-state index is -0.410. The molecule has 7 heteroatoms. The van der Waals surface area contributed by atoms with Crippen molar-refractivity contribution < 1.29 is 9.59 Å². The van der Waals surface area contributed by atoms with Crippen LogP contribution in [0.4, 0.5) is 0 Å². The molecule has 0 spiro atoms. The molecule has 0 atom stereocenters. The van der Waals surface area contributed by atoms with Gasteiger partial charge in [0.1, 0.15) is 0 Å². The van der Waals surface area contributed by atoms with Crippen LogP contribution in [0.1, 0.15) is 37.7 Å². The van der Waals surface area contributed by atoms with E-state index in [1.165, 1.54) is 12.4 Å². The van der Waals surface area contributed by atoms with Crippen LogP contribution in [0.25, 0.3) is 0 Å². The zero-order valence-corrected chi connectivity index (χ0v) is 14.6. The number of carbonyl (C=O) groups is 2. The molecule has 2 aromatic heterocycles. The second-order valence-corrected chi connectivity index (χ2v) is 5.83. The number of hydrogen-bond acceptors (Lipinski definition) is 4. The lowest BCUT2D eigenvalue weighted by Gasteiger charge is -2.08. The van der Waals surface area contributed by atoms with Crippen molar-refractivity contribution >= 4 is 11.8 Å². The molecule has 132 valence electrons. The van der Waals surface area contributed by atoms with Gasteiger partial charge in [0.15, 0.2) is 0 Å².